The molecule has 0 aliphatic carbocycles. The monoisotopic (exact) mass is 208 g/mol. The maximum atomic E-state index is 11.4. The van der Waals surface area contributed by atoms with E-state index in [0.29, 0.717) is 12.4 Å². The van der Waals surface area contributed by atoms with Crippen LogP contribution in [0.15, 0.2) is 27.9 Å². The number of ether oxygens (including phenoxy) is 1. The van der Waals surface area contributed by atoms with Gasteiger partial charge >= 0.3 is 0 Å². The van der Waals surface area contributed by atoms with Gasteiger partial charge in [-0.1, -0.05) is 0 Å². The standard InChI is InChI=1S/C10H12N2O3/c13-10(9-4-2-6-15-9)12-11-7-8-3-1-5-14-8/h1,3,5,7,9H,2,4,6H2,(H,12,13)/b11-7-/t9-/m0/s1. The van der Waals surface area contributed by atoms with E-state index in [0.717, 1.165) is 12.8 Å². The topological polar surface area (TPSA) is 63.8 Å². The summed E-state index contributed by atoms with van der Waals surface area (Å²) >= 11 is 0. The van der Waals surface area contributed by atoms with E-state index in [1.54, 1.807) is 18.4 Å². The lowest BCUT2D eigenvalue weighted by molar-refractivity contribution is -0.130. The lowest BCUT2D eigenvalue weighted by Gasteiger charge is -2.05. The Morgan fingerprint density at radius 2 is 2.60 bits per heavy atom. The molecule has 1 aromatic heterocycles. The molecule has 2 heterocycles. The Labute approximate surface area is 87.1 Å². The van der Waals surface area contributed by atoms with Crippen LogP contribution in [0, 0.1) is 0 Å². The number of furan rings is 1. The molecule has 0 spiro atoms. The summed E-state index contributed by atoms with van der Waals surface area (Å²) in [6.45, 7) is 0.653. The second-order valence-corrected chi connectivity index (χ2v) is 3.25. The molecular weight excluding hydrogens is 196 g/mol. The molecule has 1 aliphatic heterocycles. The zero-order valence-corrected chi connectivity index (χ0v) is 8.18. The Morgan fingerprint density at radius 1 is 1.67 bits per heavy atom. The molecule has 80 valence electrons. The first-order valence-corrected chi connectivity index (χ1v) is 4.84. The maximum Gasteiger partial charge on any atom is 0.269 e. The molecule has 1 atom stereocenters. The average Bonchev–Trinajstić information content (AvgIpc) is 2.90. The van der Waals surface area contributed by atoms with Gasteiger partial charge in [-0.2, -0.15) is 5.10 Å². The van der Waals surface area contributed by atoms with E-state index in [-0.39, 0.29) is 12.0 Å². The minimum absolute atomic E-state index is 0.199. The van der Waals surface area contributed by atoms with Crippen molar-refractivity contribution < 1.29 is 13.9 Å². The third kappa shape index (κ3) is 2.66. The quantitative estimate of drug-likeness (QED) is 0.593. The van der Waals surface area contributed by atoms with Crippen LogP contribution in [0.2, 0.25) is 0 Å². The highest BCUT2D eigenvalue weighted by atomic mass is 16.5. The van der Waals surface area contributed by atoms with Gasteiger partial charge in [-0.25, -0.2) is 5.43 Å². The molecule has 5 heteroatoms. The third-order valence-corrected chi connectivity index (χ3v) is 2.13. The summed E-state index contributed by atoms with van der Waals surface area (Å²) in [4.78, 5) is 11.4. The Bertz CT molecular complexity index is 340. The minimum Gasteiger partial charge on any atom is -0.463 e. The van der Waals surface area contributed by atoms with Crippen LogP contribution in [0.3, 0.4) is 0 Å². The number of hydrazone groups is 1. The van der Waals surface area contributed by atoms with Gasteiger partial charge in [0.1, 0.15) is 11.9 Å². The van der Waals surface area contributed by atoms with Crippen molar-refractivity contribution in [2.24, 2.45) is 5.10 Å². The van der Waals surface area contributed by atoms with Crippen molar-refractivity contribution in [1.82, 2.24) is 5.43 Å². The number of carbonyl (C=O) groups is 1. The van der Waals surface area contributed by atoms with Crippen LogP contribution >= 0.6 is 0 Å². The van der Waals surface area contributed by atoms with Crippen LogP contribution in [0.1, 0.15) is 18.6 Å². The molecule has 0 unspecified atom stereocenters. The van der Waals surface area contributed by atoms with E-state index in [9.17, 15) is 4.79 Å². The molecular formula is C10H12N2O3. The van der Waals surface area contributed by atoms with E-state index in [2.05, 4.69) is 10.5 Å². The van der Waals surface area contributed by atoms with Gasteiger partial charge in [-0.05, 0) is 25.0 Å². The summed E-state index contributed by atoms with van der Waals surface area (Å²) in [6, 6.07) is 3.50. The van der Waals surface area contributed by atoms with Crippen LogP contribution in [-0.4, -0.2) is 24.8 Å². The van der Waals surface area contributed by atoms with Crippen molar-refractivity contribution in [3.05, 3.63) is 24.2 Å². The molecule has 0 bridgehead atoms. The number of hydrogen-bond donors (Lipinski definition) is 1. The molecule has 0 saturated carbocycles. The van der Waals surface area contributed by atoms with Gasteiger partial charge < -0.3 is 9.15 Å². The third-order valence-electron chi connectivity index (χ3n) is 2.13. The number of nitrogens with zero attached hydrogens (tertiary/aromatic N) is 1. The van der Waals surface area contributed by atoms with Crippen molar-refractivity contribution in [3.63, 3.8) is 0 Å². The van der Waals surface area contributed by atoms with Gasteiger partial charge in [0, 0.05) is 6.61 Å². The summed E-state index contributed by atoms with van der Waals surface area (Å²) in [5, 5.41) is 3.76. The lowest BCUT2D eigenvalue weighted by atomic mass is 10.2. The zero-order valence-electron chi connectivity index (χ0n) is 8.18. The highest BCUT2D eigenvalue weighted by Crippen LogP contribution is 2.11. The second kappa shape index (κ2) is 4.75. The molecule has 1 saturated heterocycles. The molecule has 15 heavy (non-hydrogen) atoms. The Balaban J connectivity index is 1.80. The van der Waals surface area contributed by atoms with E-state index in [1.165, 1.54) is 6.21 Å². The molecule has 5 nitrogen and oxygen atoms in total. The van der Waals surface area contributed by atoms with Crippen molar-refractivity contribution in [3.8, 4) is 0 Å². The number of nitrogens with one attached hydrogen (secondary N) is 1. The fourth-order valence-electron chi connectivity index (χ4n) is 1.38. The number of carbonyl (C=O) groups excluding carboxylic acids is 1. The normalized spacial score (nSPS) is 20.9. The SMILES string of the molecule is O=C(N/N=C\c1ccco1)[C@@H]1CCCO1. The van der Waals surface area contributed by atoms with Crippen LogP contribution < -0.4 is 5.43 Å². The smallest absolute Gasteiger partial charge is 0.269 e. The molecule has 1 aliphatic rings. The van der Waals surface area contributed by atoms with Crippen molar-refractivity contribution in [2.45, 2.75) is 18.9 Å². The molecule has 1 N–H and O–H groups in total. The number of hydrogen-bond acceptors (Lipinski definition) is 4. The summed E-state index contributed by atoms with van der Waals surface area (Å²) in [6.07, 6.45) is 4.34. The van der Waals surface area contributed by atoms with E-state index in [1.807, 2.05) is 0 Å². The van der Waals surface area contributed by atoms with Gasteiger partial charge in [-0.3, -0.25) is 4.79 Å². The van der Waals surface area contributed by atoms with Gasteiger partial charge in [0.25, 0.3) is 5.91 Å². The minimum atomic E-state index is -0.348. The Kier molecular flexibility index (Phi) is 3.14. The fourth-order valence-corrected chi connectivity index (χ4v) is 1.38. The zero-order chi connectivity index (χ0) is 10.5. The van der Waals surface area contributed by atoms with E-state index < -0.39 is 0 Å². The number of rotatable bonds is 3. The number of amides is 1. The lowest BCUT2D eigenvalue weighted by Crippen LogP contribution is -2.30. The van der Waals surface area contributed by atoms with Crippen molar-refractivity contribution in [1.29, 1.82) is 0 Å². The van der Waals surface area contributed by atoms with Gasteiger partial charge in [0.05, 0.1) is 12.5 Å². The van der Waals surface area contributed by atoms with Crippen LogP contribution in [0.4, 0.5) is 0 Å². The highest BCUT2D eigenvalue weighted by molar-refractivity contribution is 5.83. The first kappa shape index (κ1) is 9.92. The second-order valence-electron chi connectivity index (χ2n) is 3.25. The van der Waals surface area contributed by atoms with E-state index >= 15 is 0 Å². The van der Waals surface area contributed by atoms with Gasteiger partial charge in [0.15, 0.2) is 0 Å². The average molecular weight is 208 g/mol. The largest absolute Gasteiger partial charge is 0.463 e. The molecule has 0 aromatic carbocycles. The molecule has 1 fully saturated rings. The molecule has 1 amide bonds. The van der Waals surface area contributed by atoms with Gasteiger partial charge in [0.2, 0.25) is 0 Å². The van der Waals surface area contributed by atoms with E-state index in [4.69, 9.17) is 9.15 Å². The van der Waals surface area contributed by atoms with Crippen molar-refractivity contribution in [2.75, 3.05) is 6.61 Å². The van der Waals surface area contributed by atoms with Gasteiger partial charge in [-0.15, -0.1) is 0 Å². The first-order chi connectivity index (χ1) is 7.36. The van der Waals surface area contributed by atoms with Crippen LogP contribution in [0.25, 0.3) is 0 Å². The predicted octanol–water partition coefficient (Wildman–Crippen LogP) is 0.909. The summed E-state index contributed by atoms with van der Waals surface area (Å²) in [5.74, 6) is 0.401. The summed E-state index contributed by atoms with van der Waals surface area (Å²) in [7, 11) is 0. The summed E-state index contributed by atoms with van der Waals surface area (Å²) in [5.41, 5.74) is 2.41. The molecule has 2 rings (SSSR count). The Hall–Kier alpha value is -1.62. The van der Waals surface area contributed by atoms with Crippen molar-refractivity contribution >= 4 is 12.1 Å². The van der Waals surface area contributed by atoms with Crippen LogP contribution in [-0.2, 0) is 9.53 Å². The fraction of sp³-hybridized carbons (Fsp3) is 0.400. The van der Waals surface area contributed by atoms with Crippen LogP contribution in [0.5, 0.6) is 0 Å². The molecule has 1 aromatic rings. The predicted molar refractivity (Wildman–Crippen MR) is 53.4 cm³/mol. The molecule has 0 radical (unpaired) electrons. The summed E-state index contributed by atoms with van der Waals surface area (Å²) < 4.78 is 10.2. The highest BCUT2D eigenvalue weighted by Gasteiger charge is 2.22. The maximum absolute atomic E-state index is 11.4. The Morgan fingerprint density at radius 3 is 3.27 bits per heavy atom. The first-order valence-electron chi connectivity index (χ1n) is 4.84.